The molecule has 1 aliphatic rings. The molecule has 0 bridgehead atoms. The zero-order valence-electron chi connectivity index (χ0n) is 5.80. The molecule has 0 heterocycles. The molecule has 0 amide bonds. The van der Waals surface area contributed by atoms with Gasteiger partial charge in [0.1, 0.15) is 0 Å². The highest BCUT2D eigenvalue weighted by Gasteiger charge is 2.06. The van der Waals surface area contributed by atoms with Crippen LogP contribution in [-0.4, -0.2) is 6.04 Å². The molecule has 1 aliphatic carbocycles. The van der Waals surface area contributed by atoms with Crippen molar-refractivity contribution in [3.63, 3.8) is 0 Å². The SMILES string of the molecule is CC1CC=C=CC(N)C1. The molecule has 0 saturated heterocycles. The maximum absolute atomic E-state index is 5.69. The Labute approximate surface area is 56.2 Å². The van der Waals surface area contributed by atoms with E-state index in [0.29, 0.717) is 0 Å². The van der Waals surface area contributed by atoms with E-state index >= 15 is 0 Å². The largest absolute Gasteiger partial charge is 0.324 e. The molecule has 1 nitrogen and oxygen atoms in total. The summed E-state index contributed by atoms with van der Waals surface area (Å²) in [6.45, 7) is 2.22. The van der Waals surface area contributed by atoms with Crippen LogP contribution in [0.4, 0.5) is 0 Å². The van der Waals surface area contributed by atoms with E-state index in [1.54, 1.807) is 0 Å². The Morgan fingerprint density at radius 3 is 3.22 bits per heavy atom. The summed E-state index contributed by atoms with van der Waals surface area (Å²) < 4.78 is 0. The summed E-state index contributed by atoms with van der Waals surface area (Å²) in [6.07, 6.45) is 6.24. The van der Waals surface area contributed by atoms with E-state index in [2.05, 4.69) is 18.7 Å². The van der Waals surface area contributed by atoms with Crippen molar-refractivity contribution in [2.24, 2.45) is 11.7 Å². The van der Waals surface area contributed by atoms with Gasteiger partial charge in [-0.3, -0.25) is 0 Å². The second kappa shape index (κ2) is 2.86. The van der Waals surface area contributed by atoms with Crippen LogP contribution in [0.5, 0.6) is 0 Å². The minimum atomic E-state index is 0.235. The minimum Gasteiger partial charge on any atom is -0.324 e. The van der Waals surface area contributed by atoms with Gasteiger partial charge in [-0.1, -0.05) is 6.92 Å². The molecule has 1 rings (SSSR count). The maximum atomic E-state index is 5.69. The number of rotatable bonds is 0. The van der Waals surface area contributed by atoms with E-state index in [1.165, 1.54) is 0 Å². The lowest BCUT2D eigenvalue weighted by molar-refractivity contribution is 0.514. The summed E-state index contributed by atoms with van der Waals surface area (Å²) in [5.74, 6) is 0.728. The molecule has 2 N–H and O–H groups in total. The number of hydrogen-bond donors (Lipinski definition) is 1. The van der Waals surface area contributed by atoms with Gasteiger partial charge in [-0.2, -0.15) is 0 Å². The quantitative estimate of drug-likeness (QED) is 0.485. The van der Waals surface area contributed by atoms with Crippen LogP contribution in [0.3, 0.4) is 0 Å². The summed E-state index contributed by atoms with van der Waals surface area (Å²) in [6, 6.07) is 0.235. The van der Waals surface area contributed by atoms with Crippen molar-refractivity contribution in [1.29, 1.82) is 0 Å². The van der Waals surface area contributed by atoms with E-state index in [0.717, 1.165) is 18.8 Å². The van der Waals surface area contributed by atoms with Crippen LogP contribution >= 0.6 is 0 Å². The first-order chi connectivity index (χ1) is 4.29. The van der Waals surface area contributed by atoms with Crippen LogP contribution in [0.1, 0.15) is 19.8 Å². The maximum Gasteiger partial charge on any atom is 0.0301 e. The first-order valence-corrected chi connectivity index (χ1v) is 3.45. The average Bonchev–Trinajstić information content (AvgIpc) is 1.93. The smallest absolute Gasteiger partial charge is 0.0301 e. The molecule has 2 atom stereocenters. The third kappa shape index (κ3) is 2.05. The van der Waals surface area contributed by atoms with Gasteiger partial charge >= 0.3 is 0 Å². The molecule has 0 spiro atoms. The standard InChI is InChI=1S/C8H13N/c1-7-4-2-3-5-8(9)6-7/h2,5,7-8H,4,6,9H2,1H3. The third-order valence-electron chi connectivity index (χ3n) is 1.62. The van der Waals surface area contributed by atoms with Gasteiger partial charge in [-0.15, -0.1) is 5.73 Å². The highest BCUT2D eigenvalue weighted by molar-refractivity contribution is 4.97. The molecule has 50 valence electrons. The first kappa shape index (κ1) is 6.60. The number of nitrogens with two attached hydrogens (primary N) is 1. The van der Waals surface area contributed by atoms with E-state index in [1.807, 2.05) is 6.08 Å². The van der Waals surface area contributed by atoms with Gasteiger partial charge in [0.2, 0.25) is 0 Å². The first-order valence-electron chi connectivity index (χ1n) is 3.45. The third-order valence-corrected chi connectivity index (χ3v) is 1.62. The monoisotopic (exact) mass is 123 g/mol. The van der Waals surface area contributed by atoms with E-state index in [-0.39, 0.29) is 6.04 Å². The van der Waals surface area contributed by atoms with Gasteiger partial charge in [0.05, 0.1) is 0 Å². The van der Waals surface area contributed by atoms with Gasteiger partial charge in [-0.05, 0) is 30.9 Å². The van der Waals surface area contributed by atoms with Crippen LogP contribution in [0.25, 0.3) is 0 Å². The van der Waals surface area contributed by atoms with Crippen LogP contribution in [0.2, 0.25) is 0 Å². The Morgan fingerprint density at radius 2 is 2.44 bits per heavy atom. The van der Waals surface area contributed by atoms with Crippen molar-refractivity contribution in [3.8, 4) is 0 Å². The fourth-order valence-electron chi connectivity index (χ4n) is 1.09. The van der Waals surface area contributed by atoms with E-state index < -0.39 is 0 Å². The Morgan fingerprint density at radius 1 is 1.67 bits per heavy atom. The second-order valence-electron chi connectivity index (χ2n) is 2.78. The molecule has 0 aromatic carbocycles. The highest BCUT2D eigenvalue weighted by atomic mass is 14.6. The van der Waals surface area contributed by atoms with Crippen molar-refractivity contribution in [2.45, 2.75) is 25.8 Å². The summed E-state index contributed by atoms with van der Waals surface area (Å²) in [7, 11) is 0. The Bertz CT molecular complexity index is 143. The molecule has 0 radical (unpaired) electrons. The fourth-order valence-corrected chi connectivity index (χ4v) is 1.09. The lowest BCUT2D eigenvalue weighted by Gasteiger charge is -2.08. The van der Waals surface area contributed by atoms with Gasteiger partial charge in [0.15, 0.2) is 0 Å². The van der Waals surface area contributed by atoms with Crippen molar-refractivity contribution < 1.29 is 0 Å². The molecule has 2 unspecified atom stereocenters. The molecule has 0 aromatic rings. The Balaban J connectivity index is 2.54. The number of hydrogen-bond acceptors (Lipinski definition) is 1. The van der Waals surface area contributed by atoms with Crippen LogP contribution in [-0.2, 0) is 0 Å². The van der Waals surface area contributed by atoms with Gasteiger partial charge < -0.3 is 5.73 Å². The molecular weight excluding hydrogens is 110 g/mol. The van der Waals surface area contributed by atoms with E-state index in [4.69, 9.17) is 5.73 Å². The van der Waals surface area contributed by atoms with Crippen molar-refractivity contribution in [3.05, 3.63) is 17.9 Å². The molecule has 0 fully saturated rings. The molecule has 1 heteroatoms. The van der Waals surface area contributed by atoms with Crippen LogP contribution in [0.15, 0.2) is 17.9 Å². The molecule has 0 aromatic heterocycles. The zero-order chi connectivity index (χ0) is 6.69. The fraction of sp³-hybridized carbons (Fsp3) is 0.625. The zero-order valence-corrected chi connectivity index (χ0v) is 5.80. The summed E-state index contributed by atoms with van der Waals surface area (Å²) in [4.78, 5) is 0. The van der Waals surface area contributed by atoms with Crippen LogP contribution in [0, 0.1) is 5.92 Å². The molecular formula is C8H13N. The summed E-state index contributed by atoms with van der Waals surface area (Å²) in [5.41, 5.74) is 8.74. The van der Waals surface area contributed by atoms with Crippen molar-refractivity contribution >= 4 is 0 Å². The topological polar surface area (TPSA) is 26.0 Å². The van der Waals surface area contributed by atoms with Gasteiger partial charge in [0.25, 0.3) is 0 Å². The molecule has 0 saturated carbocycles. The molecule has 9 heavy (non-hydrogen) atoms. The Hall–Kier alpha value is -0.520. The molecule has 0 aliphatic heterocycles. The average molecular weight is 123 g/mol. The van der Waals surface area contributed by atoms with Gasteiger partial charge in [-0.25, -0.2) is 0 Å². The predicted molar refractivity (Wildman–Crippen MR) is 39.0 cm³/mol. The minimum absolute atomic E-state index is 0.235. The predicted octanol–water partition coefficient (Wildman–Crippen LogP) is 1.45. The second-order valence-corrected chi connectivity index (χ2v) is 2.78. The van der Waals surface area contributed by atoms with Gasteiger partial charge in [0, 0.05) is 6.04 Å². The summed E-state index contributed by atoms with van der Waals surface area (Å²) >= 11 is 0. The van der Waals surface area contributed by atoms with Crippen LogP contribution < -0.4 is 5.73 Å². The van der Waals surface area contributed by atoms with Crippen molar-refractivity contribution in [1.82, 2.24) is 0 Å². The Kier molecular flexibility index (Phi) is 2.10. The normalized spacial score (nSPS) is 34.4. The summed E-state index contributed by atoms with van der Waals surface area (Å²) in [5, 5.41) is 0. The lowest BCUT2D eigenvalue weighted by Crippen LogP contribution is -2.18. The van der Waals surface area contributed by atoms with E-state index in [9.17, 15) is 0 Å². The van der Waals surface area contributed by atoms with Crippen molar-refractivity contribution in [2.75, 3.05) is 0 Å². The highest BCUT2D eigenvalue weighted by Crippen LogP contribution is 2.12. The lowest BCUT2D eigenvalue weighted by atomic mass is 10.0.